The quantitative estimate of drug-likeness (QED) is 0.545. The number of nitrogen functional groups attached to an aromatic ring is 1. The number of nitrogens with two attached hydrogens (primary N) is 2. The minimum atomic E-state index is -1.47. The number of aromatic nitrogens is 2. The molecule has 0 bridgehead atoms. The van der Waals surface area contributed by atoms with Crippen molar-refractivity contribution in [2.75, 3.05) is 11.1 Å². The number of amides is 2. The first kappa shape index (κ1) is 19.7. The second-order valence-electron chi connectivity index (χ2n) is 5.90. The lowest BCUT2D eigenvalue weighted by Gasteiger charge is -2.15. The van der Waals surface area contributed by atoms with Crippen molar-refractivity contribution in [2.24, 2.45) is 5.73 Å². The zero-order valence-electron chi connectivity index (χ0n) is 14.8. The van der Waals surface area contributed by atoms with E-state index < -0.39 is 29.4 Å². The normalized spacial score (nSPS) is 11.5. The molecule has 0 fully saturated rings. The van der Waals surface area contributed by atoms with Crippen LogP contribution in [0.15, 0.2) is 54.9 Å². The first-order valence-corrected chi connectivity index (χ1v) is 8.24. The zero-order chi connectivity index (χ0) is 21.0. The Morgan fingerprint density at radius 3 is 2.38 bits per heavy atom. The molecule has 0 saturated heterocycles. The fourth-order valence-electron chi connectivity index (χ4n) is 2.49. The Bertz CT molecular complexity index is 1060. The summed E-state index contributed by atoms with van der Waals surface area (Å²) >= 11 is 0. The van der Waals surface area contributed by atoms with Gasteiger partial charge in [0.05, 0.1) is 0 Å². The van der Waals surface area contributed by atoms with Gasteiger partial charge in [0.25, 0.3) is 0 Å². The third kappa shape index (κ3) is 4.80. The highest BCUT2D eigenvalue weighted by Crippen LogP contribution is 2.28. The van der Waals surface area contributed by atoms with Crippen LogP contribution in [0, 0.1) is 11.6 Å². The molecule has 0 radical (unpaired) electrons. The second-order valence-corrected chi connectivity index (χ2v) is 5.90. The van der Waals surface area contributed by atoms with Crippen LogP contribution in [0.4, 0.5) is 20.3 Å². The third-order valence-electron chi connectivity index (χ3n) is 3.83. The standard InChI is InChI=1S/C19H15F2N5O3/c20-11-2-4-12(5-3-11)26-19(28)17(18(23)27)10-1-6-14(13(21)7-10)29-16-8-15(22)24-9-25-16/h1-9,17H,(H2,23,27)(H,26,28)(H2,22,24,25). The number of carbonyl (C=O) groups excluding carboxylic acids is 2. The Balaban J connectivity index is 1.82. The molecule has 2 amide bonds. The Hall–Kier alpha value is -4.08. The largest absolute Gasteiger partial charge is 0.436 e. The van der Waals surface area contributed by atoms with Gasteiger partial charge in [0.1, 0.15) is 23.9 Å². The van der Waals surface area contributed by atoms with E-state index in [0.717, 1.165) is 24.5 Å². The van der Waals surface area contributed by atoms with Crippen LogP contribution >= 0.6 is 0 Å². The molecule has 1 atom stereocenters. The van der Waals surface area contributed by atoms with Crippen molar-refractivity contribution in [1.82, 2.24) is 9.97 Å². The number of nitrogens with one attached hydrogen (secondary N) is 1. The minimum Gasteiger partial charge on any atom is -0.436 e. The van der Waals surface area contributed by atoms with Gasteiger partial charge in [-0.15, -0.1) is 0 Å². The van der Waals surface area contributed by atoms with Crippen LogP contribution < -0.4 is 21.5 Å². The van der Waals surface area contributed by atoms with E-state index in [0.29, 0.717) is 0 Å². The van der Waals surface area contributed by atoms with Crippen LogP contribution in [0.5, 0.6) is 11.6 Å². The average Bonchev–Trinajstić information content (AvgIpc) is 2.66. The Labute approximate surface area is 163 Å². The molecular formula is C19H15F2N5O3. The Morgan fingerprint density at radius 1 is 1.03 bits per heavy atom. The molecule has 0 aliphatic heterocycles. The SMILES string of the molecule is NC(=O)C(C(=O)Nc1ccc(F)cc1)c1ccc(Oc2cc(N)ncn2)c(F)c1. The lowest BCUT2D eigenvalue weighted by molar-refractivity contribution is -0.127. The van der Waals surface area contributed by atoms with Crippen molar-refractivity contribution in [2.45, 2.75) is 5.92 Å². The lowest BCUT2D eigenvalue weighted by Crippen LogP contribution is -2.32. The molecule has 8 nitrogen and oxygen atoms in total. The van der Waals surface area contributed by atoms with Crippen molar-refractivity contribution in [3.05, 3.63) is 72.1 Å². The van der Waals surface area contributed by atoms with Gasteiger partial charge in [-0.3, -0.25) is 9.59 Å². The zero-order valence-corrected chi connectivity index (χ0v) is 14.8. The number of ether oxygens (including phenoxy) is 1. The monoisotopic (exact) mass is 399 g/mol. The van der Waals surface area contributed by atoms with Gasteiger partial charge in [0.15, 0.2) is 11.6 Å². The van der Waals surface area contributed by atoms with Gasteiger partial charge in [0.2, 0.25) is 17.7 Å². The fourth-order valence-corrected chi connectivity index (χ4v) is 2.49. The van der Waals surface area contributed by atoms with Gasteiger partial charge in [-0.1, -0.05) is 6.07 Å². The number of hydrogen-bond acceptors (Lipinski definition) is 6. The molecule has 0 aliphatic carbocycles. The summed E-state index contributed by atoms with van der Waals surface area (Å²) in [6.07, 6.45) is 1.15. The molecular weight excluding hydrogens is 384 g/mol. The number of anilines is 2. The molecule has 0 spiro atoms. The second kappa shape index (κ2) is 8.30. The highest BCUT2D eigenvalue weighted by molar-refractivity contribution is 6.10. The summed E-state index contributed by atoms with van der Waals surface area (Å²) in [5.74, 6) is -4.63. The topological polar surface area (TPSA) is 133 Å². The van der Waals surface area contributed by atoms with Crippen LogP contribution in [0.3, 0.4) is 0 Å². The summed E-state index contributed by atoms with van der Waals surface area (Å²) in [5, 5.41) is 2.44. The van der Waals surface area contributed by atoms with E-state index in [1.54, 1.807) is 0 Å². The summed E-state index contributed by atoms with van der Waals surface area (Å²) in [6, 6.07) is 9.72. The van der Waals surface area contributed by atoms with Gasteiger partial charge in [-0.2, -0.15) is 0 Å². The van der Waals surface area contributed by atoms with Gasteiger partial charge < -0.3 is 21.5 Å². The molecule has 3 rings (SSSR count). The van der Waals surface area contributed by atoms with Crippen molar-refractivity contribution in [3.8, 4) is 11.6 Å². The summed E-state index contributed by atoms with van der Waals surface area (Å²) in [4.78, 5) is 31.8. The van der Waals surface area contributed by atoms with Crippen molar-refractivity contribution in [1.29, 1.82) is 0 Å². The van der Waals surface area contributed by atoms with E-state index >= 15 is 0 Å². The fraction of sp³-hybridized carbons (Fsp3) is 0.0526. The van der Waals surface area contributed by atoms with Gasteiger partial charge >= 0.3 is 0 Å². The van der Waals surface area contributed by atoms with Gasteiger partial charge in [-0.25, -0.2) is 18.7 Å². The van der Waals surface area contributed by atoms with E-state index in [9.17, 15) is 18.4 Å². The van der Waals surface area contributed by atoms with Crippen molar-refractivity contribution >= 4 is 23.3 Å². The average molecular weight is 399 g/mol. The maximum atomic E-state index is 14.5. The van der Waals surface area contributed by atoms with Crippen molar-refractivity contribution in [3.63, 3.8) is 0 Å². The number of hydrogen-bond donors (Lipinski definition) is 3. The molecule has 3 aromatic rings. The van der Waals surface area contributed by atoms with E-state index in [1.165, 1.54) is 30.3 Å². The predicted octanol–water partition coefficient (Wildman–Crippen LogP) is 2.34. The summed E-state index contributed by atoms with van der Waals surface area (Å²) in [7, 11) is 0. The van der Waals surface area contributed by atoms with Gasteiger partial charge in [-0.05, 0) is 42.0 Å². The highest BCUT2D eigenvalue weighted by Gasteiger charge is 2.27. The Morgan fingerprint density at radius 2 is 1.76 bits per heavy atom. The van der Waals surface area contributed by atoms with Gasteiger partial charge in [0, 0.05) is 11.8 Å². The maximum Gasteiger partial charge on any atom is 0.241 e. The molecule has 1 aromatic heterocycles. The molecule has 1 unspecified atom stereocenters. The molecule has 0 saturated carbocycles. The van der Waals surface area contributed by atoms with Crippen LogP contribution in [-0.4, -0.2) is 21.8 Å². The van der Waals surface area contributed by atoms with E-state index in [4.69, 9.17) is 16.2 Å². The molecule has 1 heterocycles. The molecule has 29 heavy (non-hydrogen) atoms. The van der Waals surface area contributed by atoms with E-state index in [1.807, 2.05) is 0 Å². The predicted molar refractivity (Wildman–Crippen MR) is 99.9 cm³/mol. The van der Waals surface area contributed by atoms with E-state index in [-0.39, 0.29) is 28.7 Å². The molecule has 10 heteroatoms. The number of primary amides is 1. The third-order valence-corrected chi connectivity index (χ3v) is 3.83. The first-order chi connectivity index (χ1) is 13.8. The molecule has 2 aromatic carbocycles. The van der Waals surface area contributed by atoms with E-state index in [2.05, 4.69) is 15.3 Å². The van der Waals surface area contributed by atoms with Crippen LogP contribution in [-0.2, 0) is 9.59 Å². The number of benzene rings is 2. The van der Waals surface area contributed by atoms with Crippen LogP contribution in [0.2, 0.25) is 0 Å². The smallest absolute Gasteiger partial charge is 0.241 e. The number of rotatable bonds is 6. The molecule has 0 aliphatic rings. The number of nitrogens with zero attached hydrogens (tertiary/aromatic N) is 2. The van der Waals surface area contributed by atoms with Crippen molar-refractivity contribution < 1.29 is 23.1 Å². The molecule has 5 N–H and O–H groups in total. The Kier molecular flexibility index (Phi) is 5.63. The summed E-state index contributed by atoms with van der Waals surface area (Å²) in [5.41, 5.74) is 11.1. The summed E-state index contributed by atoms with van der Waals surface area (Å²) < 4.78 is 32.7. The first-order valence-electron chi connectivity index (χ1n) is 8.24. The number of halogens is 2. The van der Waals surface area contributed by atoms with Crippen LogP contribution in [0.1, 0.15) is 11.5 Å². The maximum absolute atomic E-state index is 14.5. The van der Waals surface area contributed by atoms with Crippen LogP contribution in [0.25, 0.3) is 0 Å². The minimum absolute atomic E-state index is 0.0177. The number of carbonyl (C=O) groups is 2. The lowest BCUT2D eigenvalue weighted by atomic mass is 9.97. The summed E-state index contributed by atoms with van der Waals surface area (Å²) in [6.45, 7) is 0. The highest BCUT2D eigenvalue weighted by atomic mass is 19.1. The molecule has 148 valence electrons.